The van der Waals surface area contributed by atoms with Gasteiger partial charge in [0.05, 0.1) is 13.2 Å². The number of ether oxygens (including phenoxy) is 5. The van der Waals surface area contributed by atoms with Crippen molar-refractivity contribution in [2.75, 3.05) is 24.7 Å². The maximum atomic E-state index is 13.4. The fraction of sp³-hybridized carbons (Fsp3) is 0.462. The standard InChI is InChI=1S/C26H32N2O15/c27-9-1-3-13(11(5-9)23(36)37)40-26-22(20(34)18(32)16(8-30)42-26)43-24(38)12-6-10(28)2-4-14(12)39-25-21(35)19(33)17(31)15(7-29)41-25/h1-6,15-22,25-26,29-35H,7-8,27-28H2,(H,36,37)/t15-,16-,17+,18+,19+,20+,21-,22-,25+,26-/m1/s1. The van der Waals surface area contributed by atoms with Crippen molar-refractivity contribution in [3.8, 4) is 11.5 Å². The van der Waals surface area contributed by atoms with Crippen molar-refractivity contribution in [3.05, 3.63) is 47.5 Å². The Bertz CT molecular complexity index is 1310. The van der Waals surface area contributed by atoms with Crippen LogP contribution in [0.1, 0.15) is 20.7 Å². The van der Waals surface area contributed by atoms with Gasteiger partial charge in [-0.25, -0.2) is 9.59 Å². The summed E-state index contributed by atoms with van der Waals surface area (Å²) in [6, 6.07) is 7.20. The highest BCUT2D eigenvalue weighted by Crippen LogP contribution is 2.32. The summed E-state index contributed by atoms with van der Waals surface area (Å²) in [5.74, 6) is -3.28. The predicted octanol–water partition coefficient (Wildman–Crippen LogP) is -3.23. The summed E-state index contributed by atoms with van der Waals surface area (Å²) < 4.78 is 27.5. The number of aromatic carboxylic acids is 1. The third-order valence-electron chi connectivity index (χ3n) is 6.86. The van der Waals surface area contributed by atoms with Crippen molar-refractivity contribution in [1.82, 2.24) is 0 Å². The Balaban J connectivity index is 1.62. The van der Waals surface area contributed by atoms with Gasteiger partial charge in [-0.2, -0.15) is 0 Å². The first-order valence-electron chi connectivity index (χ1n) is 12.9. The molecule has 43 heavy (non-hydrogen) atoms. The molecule has 12 N–H and O–H groups in total. The lowest BCUT2D eigenvalue weighted by molar-refractivity contribution is -0.278. The number of carboxylic acids is 1. The molecule has 0 bridgehead atoms. The maximum absolute atomic E-state index is 13.4. The summed E-state index contributed by atoms with van der Waals surface area (Å²) >= 11 is 0. The molecule has 4 rings (SSSR count). The summed E-state index contributed by atoms with van der Waals surface area (Å²) in [7, 11) is 0. The van der Waals surface area contributed by atoms with Crippen molar-refractivity contribution in [2.45, 2.75) is 61.4 Å². The van der Waals surface area contributed by atoms with Gasteiger partial charge in [0.15, 0.2) is 6.10 Å². The lowest BCUT2D eigenvalue weighted by atomic mass is 9.98. The predicted molar refractivity (Wildman–Crippen MR) is 141 cm³/mol. The van der Waals surface area contributed by atoms with E-state index >= 15 is 0 Å². The smallest absolute Gasteiger partial charge is 0.342 e. The molecule has 2 fully saturated rings. The molecule has 2 aromatic carbocycles. The lowest BCUT2D eigenvalue weighted by Gasteiger charge is -2.41. The number of esters is 1. The molecule has 0 radical (unpaired) electrons. The number of anilines is 2. The van der Waals surface area contributed by atoms with Crippen LogP contribution in [0.15, 0.2) is 36.4 Å². The molecule has 0 saturated carbocycles. The van der Waals surface area contributed by atoms with Gasteiger partial charge in [0.25, 0.3) is 0 Å². The first-order chi connectivity index (χ1) is 20.4. The molecule has 0 aliphatic carbocycles. The molecule has 17 nitrogen and oxygen atoms in total. The summed E-state index contributed by atoms with van der Waals surface area (Å²) in [5, 5.41) is 80.3. The molecule has 2 aliphatic rings. The first kappa shape index (κ1) is 32.1. The number of hydrogen-bond acceptors (Lipinski definition) is 16. The van der Waals surface area contributed by atoms with Crippen molar-refractivity contribution in [2.24, 2.45) is 0 Å². The van der Waals surface area contributed by atoms with Gasteiger partial charge in [-0.15, -0.1) is 0 Å². The van der Waals surface area contributed by atoms with Crippen LogP contribution in [0.2, 0.25) is 0 Å². The average Bonchev–Trinajstić information content (AvgIpc) is 2.98. The number of nitrogen functional groups attached to an aromatic ring is 2. The number of carboxylic acid groups (broad SMARTS) is 1. The van der Waals surface area contributed by atoms with Crippen LogP contribution in [-0.2, 0) is 14.2 Å². The van der Waals surface area contributed by atoms with E-state index in [0.717, 1.165) is 12.1 Å². The van der Waals surface area contributed by atoms with Crippen molar-refractivity contribution >= 4 is 23.3 Å². The average molecular weight is 613 g/mol. The van der Waals surface area contributed by atoms with Gasteiger partial charge in [-0.05, 0) is 36.4 Å². The highest BCUT2D eigenvalue weighted by molar-refractivity contribution is 5.94. The Kier molecular flexibility index (Phi) is 9.90. The van der Waals surface area contributed by atoms with E-state index < -0.39 is 97.7 Å². The SMILES string of the molecule is Nc1ccc(O[C@@H]2O[C@H](CO)[C@H](O)[C@H](O)[C@H]2OC(=O)c2cc(N)ccc2O[C@H]2O[C@H](CO)[C@H](O)[C@H](O)[C@H]2O)c(C(=O)O)c1. The highest BCUT2D eigenvalue weighted by atomic mass is 16.7. The number of carbonyl (C=O) groups is 2. The second-order valence-electron chi connectivity index (χ2n) is 9.83. The Morgan fingerprint density at radius 3 is 1.74 bits per heavy atom. The number of rotatable bonds is 9. The van der Waals surface area contributed by atoms with Crippen LogP contribution < -0.4 is 20.9 Å². The van der Waals surface area contributed by atoms with Crippen LogP contribution >= 0.6 is 0 Å². The van der Waals surface area contributed by atoms with Crippen LogP contribution in [-0.4, -0.2) is 127 Å². The van der Waals surface area contributed by atoms with Crippen LogP contribution in [0, 0.1) is 0 Å². The lowest BCUT2D eigenvalue weighted by Crippen LogP contribution is -2.61. The Morgan fingerprint density at radius 1 is 0.698 bits per heavy atom. The van der Waals surface area contributed by atoms with E-state index in [-0.39, 0.29) is 22.9 Å². The molecule has 2 saturated heterocycles. The van der Waals surface area contributed by atoms with Crippen LogP contribution in [0.25, 0.3) is 0 Å². The Morgan fingerprint density at radius 2 is 1.19 bits per heavy atom. The summed E-state index contributed by atoms with van der Waals surface area (Å²) in [6.45, 7) is -1.53. The molecule has 10 atom stereocenters. The molecule has 0 amide bonds. The van der Waals surface area contributed by atoms with E-state index in [1.54, 1.807) is 0 Å². The molecule has 0 aromatic heterocycles. The highest BCUT2D eigenvalue weighted by Gasteiger charge is 2.49. The van der Waals surface area contributed by atoms with E-state index in [1.165, 1.54) is 24.3 Å². The number of nitrogens with two attached hydrogens (primary N) is 2. The van der Waals surface area contributed by atoms with Crippen LogP contribution in [0.5, 0.6) is 11.5 Å². The minimum absolute atomic E-state index is 0.0368. The number of aliphatic hydroxyl groups is 7. The normalized spacial score (nSPS) is 32.5. The Hall–Kier alpha value is -3.78. The van der Waals surface area contributed by atoms with Gasteiger partial charge in [0.1, 0.15) is 65.4 Å². The first-order valence-corrected chi connectivity index (χ1v) is 12.9. The van der Waals surface area contributed by atoms with Crippen molar-refractivity contribution < 1.29 is 74.1 Å². The molecule has 0 spiro atoms. The zero-order chi connectivity index (χ0) is 31.6. The minimum Gasteiger partial charge on any atom is -0.478 e. The van der Waals surface area contributed by atoms with Gasteiger partial charge < -0.3 is 76.0 Å². The largest absolute Gasteiger partial charge is 0.478 e. The van der Waals surface area contributed by atoms with Gasteiger partial charge in [0, 0.05) is 11.4 Å². The van der Waals surface area contributed by atoms with Crippen LogP contribution in [0.3, 0.4) is 0 Å². The molecule has 2 heterocycles. The minimum atomic E-state index is -1.92. The number of carbonyl (C=O) groups excluding carboxylic acids is 1. The van der Waals surface area contributed by atoms with Gasteiger partial charge >= 0.3 is 11.9 Å². The third kappa shape index (κ3) is 6.74. The summed E-state index contributed by atoms with van der Waals surface area (Å²) in [6.07, 6.45) is -17.0. The maximum Gasteiger partial charge on any atom is 0.342 e. The molecule has 0 unspecified atom stereocenters. The molecule has 236 valence electrons. The Labute approximate surface area is 243 Å². The van der Waals surface area contributed by atoms with Crippen LogP contribution in [0.4, 0.5) is 11.4 Å². The fourth-order valence-corrected chi connectivity index (χ4v) is 4.51. The summed E-state index contributed by atoms with van der Waals surface area (Å²) in [5.41, 5.74) is 10.8. The van der Waals surface area contributed by atoms with E-state index in [0.29, 0.717) is 0 Å². The molecule has 17 heteroatoms. The van der Waals surface area contributed by atoms with E-state index in [2.05, 4.69) is 0 Å². The molecule has 2 aromatic rings. The summed E-state index contributed by atoms with van der Waals surface area (Å²) in [4.78, 5) is 25.2. The zero-order valence-corrected chi connectivity index (χ0v) is 22.2. The van der Waals surface area contributed by atoms with E-state index in [1.807, 2.05) is 0 Å². The number of aliphatic hydroxyl groups excluding tert-OH is 7. The zero-order valence-electron chi connectivity index (χ0n) is 22.2. The topological polar surface area (TPSA) is 294 Å². The molecular formula is C26H32N2O15. The van der Waals surface area contributed by atoms with E-state index in [9.17, 15) is 50.4 Å². The molecular weight excluding hydrogens is 580 g/mol. The monoisotopic (exact) mass is 612 g/mol. The number of benzene rings is 2. The fourth-order valence-electron chi connectivity index (χ4n) is 4.51. The number of hydrogen-bond donors (Lipinski definition) is 10. The molecule has 2 aliphatic heterocycles. The third-order valence-corrected chi connectivity index (χ3v) is 6.86. The van der Waals surface area contributed by atoms with Gasteiger partial charge in [0.2, 0.25) is 12.6 Å². The van der Waals surface area contributed by atoms with Gasteiger partial charge in [-0.1, -0.05) is 0 Å². The van der Waals surface area contributed by atoms with Gasteiger partial charge in [-0.3, -0.25) is 0 Å². The second-order valence-corrected chi connectivity index (χ2v) is 9.83. The van der Waals surface area contributed by atoms with Crippen molar-refractivity contribution in [1.29, 1.82) is 0 Å². The van der Waals surface area contributed by atoms with E-state index in [4.69, 9.17) is 35.2 Å². The quantitative estimate of drug-likeness (QED) is 0.0983. The van der Waals surface area contributed by atoms with Crippen molar-refractivity contribution in [3.63, 3.8) is 0 Å². The second kappa shape index (κ2) is 13.2.